The highest BCUT2D eigenvalue weighted by Gasteiger charge is 2.31. The predicted molar refractivity (Wildman–Crippen MR) is 69.1 cm³/mol. The van der Waals surface area contributed by atoms with Crippen LogP contribution in [0, 0.1) is 0 Å². The zero-order valence-electron chi connectivity index (χ0n) is 10.6. The van der Waals surface area contributed by atoms with Gasteiger partial charge < -0.3 is 5.32 Å². The van der Waals surface area contributed by atoms with E-state index in [4.69, 9.17) is 0 Å². The highest BCUT2D eigenvalue weighted by atomic mass is 32.2. The molecule has 2 atom stereocenters. The Bertz CT molecular complexity index is 550. The molecule has 1 aromatic rings. The van der Waals surface area contributed by atoms with Crippen molar-refractivity contribution in [1.29, 1.82) is 0 Å². The van der Waals surface area contributed by atoms with Crippen LogP contribution in [-0.4, -0.2) is 35.7 Å². The van der Waals surface area contributed by atoms with Crippen LogP contribution < -0.4 is 5.32 Å². The third-order valence-electron chi connectivity index (χ3n) is 4.04. The lowest BCUT2D eigenvalue weighted by Crippen LogP contribution is -2.35. The fraction of sp³-hybridized carbons (Fsp3) is 0.750. The molecule has 1 fully saturated rings. The molecule has 5 nitrogen and oxygen atoms in total. The molecule has 0 saturated carbocycles. The van der Waals surface area contributed by atoms with Crippen LogP contribution >= 0.6 is 0 Å². The van der Waals surface area contributed by atoms with Crippen molar-refractivity contribution < 1.29 is 8.42 Å². The molecule has 1 aromatic heterocycles. The minimum atomic E-state index is -2.80. The monoisotopic (exact) mass is 269 g/mol. The van der Waals surface area contributed by atoms with Crippen LogP contribution in [0.1, 0.15) is 36.6 Å². The Morgan fingerprint density at radius 3 is 3.00 bits per heavy atom. The van der Waals surface area contributed by atoms with Crippen molar-refractivity contribution in [2.45, 2.75) is 37.8 Å². The van der Waals surface area contributed by atoms with Crippen LogP contribution in [0.15, 0.2) is 6.20 Å². The Hall–Kier alpha value is -0.880. The largest absolute Gasteiger partial charge is 0.306 e. The maximum Gasteiger partial charge on any atom is 0.151 e. The summed E-state index contributed by atoms with van der Waals surface area (Å²) in [4.78, 5) is 0. The summed E-state index contributed by atoms with van der Waals surface area (Å²) in [5.74, 6) is 0.621. The van der Waals surface area contributed by atoms with Crippen molar-refractivity contribution in [1.82, 2.24) is 15.1 Å². The zero-order valence-corrected chi connectivity index (χ0v) is 11.4. The molecular formula is C12H19N3O2S. The minimum absolute atomic E-state index is 0.117. The quantitative estimate of drug-likeness (QED) is 0.853. The third kappa shape index (κ3) is 2.19. The topological polar surface area (TPSA) is 64.0 Å². The minimum Gasteiger partial charge on any atom is -0.306 e. The van der Waals surface area contributed by atoms with E-state index in [1.807, 2.05) is 17.9 Å². The van der Waals surface area contributed by atoms with Gasteiger partial charge in [0.1, 0.15) is 0 Å². The number of hydrogen-bond acceptors (Lipinski definition) is 4. The normalized spacial score (nSPS) is 30.3. The lowest BCUT2D eigenvalue weighted by Gasteiger charge is -2.26. The van der Waals surface area contributed by atoms with Crippen molar-refractivity contribution in [2.75, 3.05) is 11.5 Å². The van der Waals surface area contributed by atoms with E-state index in [-0.39, 0.29) is 12.1 Å². The molecule has 1 N–H and O–H groups in total. The van der Waals surface area contributed by atoms with Gasteiger partial charge in [-0.05, 0) is 25.7 Å². The summed E-state index contributed by atoms with van der Waals surface area (Å²) < 4.78 is 24.9. The van der Waals surface area contributed by atoms with E-state index in [9.17, 15) is 8.42 Å². The third-order valence-corrected chi connectivity index (χ3v) is 5.81. The second kappa shape index (κ2) is 4.35. The van der Waals surface area contributed by atoms with E-state index in [2.05, 4.69) is 10.4 Å². The van der Waals surface area contributed by atoms with E-state index in [1.165, 1.54) is 11.3 Å². The highest BCUT2D eigenvalue weighted by molar-refractivity contribution is 7.91. The molecule has 0 amide bonds. The summed E-state index contributed by atoms with van der Waals surface area (Å²) >= 11 is 0. The van der Waals surface area contributed by atoms with Crippen LogP contribution in [0.2, 0.25) is 0 Å². The number of nitrogens with one attached hydrogen (secondary N) is 1. The number of sulfone groups is 1. The van der Waals surface area contributed by atoms with E-state index in [1.54, 1.807) is 0 Å². The Morgan fingerprint density at radius 1 is 1.44 bits per heavy atom. The first-order valence-corrected chi connectivity index (χ1v) is 8.34. The molecule has 3 rings (SSSR count). The van der Waals surface area contributed by atoms with Gasteiger partial charge in [-0.25, -0.2) is 8.42 Å². The fourth-order valence-corrected chi connectivity index (χ4v) is 4.78. The van der Waals surface area contributed by atoms with Gasteiger partial charge in [-0.15, -0.1) is 0 Å². The zero-order chi connectivity index (χ0) is 12.8. The average molecular weight is 269 g/mol. The SMILES string of the molecule is Cn1ncc2c1CCCC2NC1CCS(=O)(=O)C1. The van der Waals surface area contributed by atoms with E-state index in [0.717, 1.165) is 25.7 Å². The van der Waals surface area contributed by atoms with Crippen molar-refractivity contribution in [3.63, 3.8) is 0 Å². The van der Waals surface area contributed by atoms with Crippen molar-refractivity contribution in [2.24, 2.45) is 7.05 Å². The first-order chi connectivity index (χ1) is 8.55. The number of nitrogens with zero attached hydrogens (tertiary/aromatic N) is 2. The van der Waals surface area contributed by atoms with Gasteiger partial charge in [0, 0.05) is 30.4 Å². The number of aromatic nitrogens is 2. The van der Waals surface area contributed by atoms with Crippen LogP contribution in [0.3, 0.4) is 0 Å². The smallest absolute Gasteiger partial charge is 0.151 e. The van der Waals surface area contributed by atoms with Gasteiger partial charge in [-0.3, -0.25) is 4.68 Å². The summed E-state index contributed by atoms with van der Waals surface area (Å²) in [6.07, 6.45) is 5.97. The molecule has 100 valence electrons. The van der Waals surface area contributed by atoms with E-state index < -0.39 is 9.84 Å². The molecular weight excluding hydrogens is 250 g/mol. The standard InChI is InChI=1S/C12H19N3O2S/c1-15-12-4-2-3-11(10(12)7-13-15)14-9-5-6-18(16,17)8-9/h7,9,11,14H,2-6,8H2,1H3. The number of fused-ring (bicyclic) bond motifs is 1. The summed E-state index contributed by atoms with van der Waals surface area (Å²) in [5.41, 5.74) is 2.55. The molecule has 1 aliphatic carbocycles. The second-order valence-electron chi connectivity index (χ2n) is 5.38. The van der Waals surface area contributed by atoms with Gasteiger partial charge in [0.05, 0.1) is 17.7 Å². The fourth-order valence-electron chi connectivity index (χ4n) is 3.09. The van der Waals surface area contributed by atoms with Gasteiger partial charge in [0.2, 0.25) is 0 Å². The summed E-state index contributed by atoms with van der Waals surface area (Å²) in [5, 5.41) is 7.82. The molecule has 18 heavy (non-hydrogen) atoms. The van der Waals surface area contributed by atoms with Crippen molar-refractivity contribution >= 4 is 9.84 Å². The van der Waals surface area contributed by atoms with Gasteiger partial charge in [0.15, 0.2) is 9.84 Å². The van der Waals surface area contributed by atoms with Crippen LogP contribution in [-0.2, 0) is 23.3 Å². The summed E-state index contributed by atoms with van der Waals surface area (Å²) in [7, 11) is -0.828. The van der Waals surface area contributed by atoms with Crippen LogP contribution in [0.25, 0.3) is 0 Å². The molecule has 0 bridgehead atoms. The van der Waals surface area contributed by atoms with Gasteiger partial charge in [0.25, 0.3) is 0 Å². The number of rotatable bonds is 2. The lowest BCUT2D eigenvalue weighted by molar-refractivity contribution is 0.408. The van der Waals surface area contributed by atoms with Crippen LogP contribution in [0.4, 0.5) is 0 Å². The van der Waals surface area contributed by atoms with Gasteiger partial charge in [-0.1, -0.05) is 0 Å². The van der Waals surface area contributed by atoms with Crippen LogP contribution in [0.5, 0.6) is 0 Å². The molecule has 6 heteroatoms. The first kappa shape index (κ1) is 12.2. The Kier molecular flexibility index (Phi) is 2.94. The molecule has 0 spiro atoms. The van der Waals surface area contributed by atoms with Gasteiger partial charge >= 0.3 is 0 Å². The van der Waals surface area contributed by atoms with E-state index in [0.29, 0.717) is 11.5 Å². The van der Waals surface area contributed by atoms with Crippen molar-refractivity contribution in [3.8, 4) is 0 Å². The van der Waals surface area contributed by atoms with Gasteiger partial charge in [-0.2, -0.15) is 5.10 Å². The predicted octanol–water partition coefficient (Wildman–Crippen LogP) is 0.574. The highest BCUT2D eigenvalue weighted by Crippen LogP contribution is 2.30. The second-order valence-corrected chi connectivity index (χ2v) is 7.61. The molecule has 0 radical (unpaired) electrons. The molecule has 0 aromatic carbocycles. The van der Waals surface area contributed by atoms with Crippen molar-refractivity contribution in [3.05, 3.63) is 17.5 Å². The average Bonchev–Trinajstić information content (AvgIpc) is 2.84. The summed E-state index contributed by atoms with van der Waals surface area (Å²) in [6, 6.07) is 0.395. The Morgan fingerprint density at radius 2 is 2.28 bits per heavy atom. The molecule has 1 aliphatic heterocycles. The Balaban J connectivity index is 1.75. The molecule has 1 saturated heterocycles. The molecule has 2 aliphatic rings. The van der Waals surface area contributed by atoms with E-state index >= 15 is 0 Å². The maximum atomic E-state index is 11.5. The maximum absolute atomic E-state index is 11.5. The summed E-state index contributed by atoms with van der Waals surface area (Å²) in [6.45, 7) is 0. The molecule has 2 unspecified atom stereocenters. The Labute approximate surface area is 107 Å². The lowest BCUT2D eigenvalue weighted by atomic mass is 9.92. The number of hydrogen-bond donors (Lipinski definition) is 1. The molecule has 2 heterocycles. The first-order valence-electron chi connectivity index (χ1n) is 6.52. The number of aryl methyl sites for hydroxylation is 1.